The molecule has 0 radical (unpaired) electrons. The molecule has 1 N–H and O–H groups in total. The third-order valence-corrected chi connectivity index (χ3v) is 8.27. The molecule has 0 aliphatic heterocycles. The second-order valence-electron chi connectivity index (χ2n) is 6.33. The number of aliphatic hydroxyl groups excluding tert-OH is 1. The van der Waals surface area contributed by atoms with E-state index in [1.165, 1.54) is 0 Å². The molecule has 0 fully saturated rings. The van der Waals surface area contributed by atoms with Gasteiger partial charge in [0.2, 0.25) is 0 Å². The fraction of sp³-hybridized carbons (Fsp3) is 0.182. The fourth-order valence-corrected chi connectivity index (χ4v) is 6.66. The summed E-state index contributed by atoms with van der Waals surface area (Å²) >= 11 is 0. The minimum absolute atomic E-state index is 0.375. The van der Waals surface area contributed by atoms with Crippen molar-refractivity contribution in [2.24, 2.45) is 0 Å². The van der Waals surface area contributed by atoms with Gasteiger partial charge in [-0.05, 0) is 18.9 Å². The molecule has 0 bridgehead atoms. The van der Waals surface area contributed by atoms with Crippen LogP contribution >= 0.6 is 7.14 Å². The van der Waals surface area contributed by atoms with Crippen LogP contribution in [0.4, 0.5) is 0 Å². The number of hydrogen-bond donors (Lipinski definition) is 1. The molecule has 0 amide bonds. The molecule has 2 atom stereocenters. The molecule has 25 heavy (non-hydrogen) atoms. The van der Waals surface area contributed by atoms with Crippen LogP contribution in [-0.4, -0.2) is 16.9 Å². The summed E-state index contributed by atoms with van der Waals surface area (Å²) in [6, 6.07) is 29.1. The first-order valence-electron chi connectivity index (χ1n) is 8.55. The maximum Gasteiger partial charge on any atom is 0.149 e. The standard InChI is InChI=1S/C22H23O2P/c1-18(23)22(17-19-11-5-2-6-12-19)25(24,20-13-7-3-8-14-20)21-15-9-4-10-16-21/h2-16,18,22-23H,17H2,1H3/t18-,22+/m1/s1. The molecule has 0 unspecified atom stereocenters. The van der Waals surface area contributed by atoms with Crippen LogP contribution in [0.5, 0.6) is 0 Å². The molecular formula is C22H23O2P. The number of benzene rings is 3. The molecular weight excluding hydrogens is 327 g/mol. The average Bonchev–Trinajstić information content (AvgIpc) is 2.67. The monoisotopic (exact) mass is 350 g/mol. The van der Waals surface area contributed by atoms with E-state index in [4.69, 9.17) is 0 Å². The normalized spacial score (nSPS) is 14.0. The van der Waals surface area contributed by atoms with E-state index in [1.807, 2.05) is 91.0 Å². The highest BCUT2D eigenvalue weighted by atomic mass is 31.2. The molecule has 3 aromatic carbocycles. The van der Waals surface area contributed by atoms with Crippen LogP contribution in [0.3, 0.4) is 0 Å². The SMILES string of the molecule is C[C@@H](O)[C@H](Cc1ccccc1)P(=O)(c1ccccc1)c1ccccc1. The number of aliphatic hydroxyl groups is 1. The molecule has 3 aromatic rings. The van der Waals surface area contributed by atoms with E-state index >= 15 is 0 Å². The summed E-state index contributed by atoms with van der Waals surface area (Å²) in [5.74, 6) is 0. The maximum absolute atomic E-state index is 14.4. The Morgan fingerprint density at radius 2 is 1.16 bits per heavy atom. The summed E-state index contributed by atoms with van der Waals surface area (Å²) in [5.41, 5.74) is 0.709. The van der Waals surface area contributed by atoms with E-state index in [-0.39, 0.29) is 5.66 Å². The van der Waals surface area contributed by atoms with Gasteiger partial charge >= 0.3 is 0 Å². The zero-order chi connectivity index (χ0) is 17.7. The summed E-state index contributed by atoms with van der Waals surface area (Å²) in [6.45, 7) is 1.74. The van der Waals surface area contributed by atoms with E-state index in [1.54, 1.807) is 6.92 Å². The molecule has 2 nitrogen and oxygen atoms in total. The Bertz CT molecular complexity index is 786. The quantitative estimate of drug-likeness (QED) is 0.683. The van der Waals surface area contributed by atoms with Crippen molar-refractivity contribution >= 4 is 17.8 Å². The van der Waals surface area contributed by atoms with Crippen LogP contribution in [0.15, 0.2) is 91.0 Å². The van der Waals surface area contributed by atoms with E-state index in [0.717, 1.165) is 16.2 Å². The Kier molecular flexibility index (Phi) is 5.53. The van der Waals surface area contributed by atoms with Gasteiger partial charge in [0.1, 0.15) is 7.14 Å². The van der Waals surface area contributed by atoms with Gasteiger partial charge in [-0.2, -0.15) is 0 Å². The second kappa shape index (κ2) is 7.82. The van der Waals surface area contributed by atoms with Gasteiger partial charge in [-0.3, -0.25) is 0 Å². The van der Waals surface area contributed by atoms with Crippen LogP contribution in [0.25, 0.3) is 0 Å². The number of hydrogen-bond acceptors (Lipinski definition) is 2. The first-order valence-corrected chi connectivity index (χ1v) is 10.3. The lowest BCUT2D eigenvalue weighted by Gasteiger charge is -2.31. The molecule has 0 saturated carbocycles. The molecule has 0 aromatic heterocycles. The van der Waals surface area contributed by atoms with Gasteiger partial charge in [0.15, 0.2) is 0 Å². The molecule has 0 aliphatic rings. The molecule has 0 spiro atoms. The lowest BCUT2D eigenvalue weighted by Crippen LogP contribution is -2.34. The van der Waals surface area contributed by atoms with Gasteiger partial charge in [-0.15, -0.1) is 0 Å². The maximum atomic E-state index is 14.4. The molecule has 128 valence electrons. The lowest BCUT2D eigenvalue weighted by atomic mass is 10.1. The fourth-order valence-electron chi connectivity index (χ4n) is 3.29. The highest BCUT2D eigenvalue weighted by Crippen LogP contribution is 2.51. The first-order chi connectivity index (χ1) is 12.1. The van der Waals surface area contributed by atoms with Gasteiger partial charge in [0.05, 0.1) is 11.8 Å². The predicted octanol–water partition coefficient (Wildman–Crippen LogP) is 3.99. The Labute approximate surface area is 149 Å². The minimum Gasteiger partial charge on any atom is -0.393 e. The van der Waals surface area contributed by atoms with Crippen molar-refractivity contribution < 1.29 is 9.67 Å². The van der Waals surface area contributed by atoms with Gasteiger partial charge in [-0.1, -0.05) is 91.0 Å². The van der Waals surface area contributed by atoms with Gasteiger partial charge in [0, 0.05) is 10.6 Å². The Morgan fingerprint density at radius 3 is 1.56 bits per heavy atom. The van der Waals surface area contributed by atoms with E-state index in [2.05, 4.69) is 0 Å². The van der Waals surface area contributed by atoms with Crippen LogP contribution in [0, 0.1) is 0 Å². The highest BCUT2D eigenvalue weighted by molar-refractivity contribution is 7.79. The van der Waals surface area contributed by atoms with Gasteiger partial charge in [-0.25, -0.2) is 0 Å². The molecule has 0 aliphatic carbocycles. The number of rotatable bonds is 6. The molecule has 0 saturated heterocycles. The van der Waals surface area contributed by atoms with Gasteiger partial charge < -0.3 is 9.67 Å². The zero-order valence-corrected chi connectivity index (χ0v) is 15.2. The van der Waals surface area contributed by atoms with Gasteiger partial charge in [0.25, 0.3) is 0 Å². The summed E-state index contributed by atoms with van der Waals surface area (Å²) in [6.07, 6.45) is -0.119. The Balaban J connectivity index is 2.13. The largest absolute Gasteiger partial charge is 0.393 e. The van der Waals surface area contributed by atoms with Crippen molar-refractivity contribution in [3.8, 4) is 0 Å². The third-order valence-electron chi connectivity index (χ3n) is 4.59. The summed E-state index contributed by atoms with van der Waals surface area (Å²) < 4.78 is 14.4. The van der Waals surface area contributed by atoms with E-state index in [0.29, 0.717) is 6.42 Å². The molecule has 3 heteroatoms. The smallest absolute Gasteiger partial charge is 0.149 e. The van der Waals surface area contributed by atoms with Crippen LogP contribution < -0.4 is 10.6 Å². The van der Waals surface area contributed by atoms with Crippen molar-refractivity contribution in [3.63, 3.8) is 0 Å². The van der Waals surface area contributed by atoms with Crippen LogP contribution in [0.1, 0.15) is 12.5 Å². The molecule has 0 heterocycles. The average molecular weight is 350 g/mol. The van der Waals surface area contributed by atoms with Crippen molar-refractivity contribution in [2.75, 3.05) is 0 Å². The summed E-state index contributed by atoms with van der Waals surface area (Å²) in [5, 5.41) is 12.1. The van der Waals surface area contributed by atoms with E-state index in [9.17, 15) is 9.67 Å². The third kappa shape index (κ3) is 3.76. The summed E-state index contributed by atoms with van der Waals surface area (Å²) in [4.78, 5) is 0. The summed E-state index contributed by atoms with van der Waals surface area (Å²) in [7, 11) is -3.01. The van der Waals surface area contributed by atoms with Crippen molar-refractivity contribution in [1.29, 1.82) is 0 Å². The highest BCUT2D eigenvalue weighted by Gasteiger charge is 2.39. The van der Waals surface area contributed by atoms with Crippen LogP contribution in [-0.2, 0) is 11.0 Å². The Hall–Kier alpha value is -2.15. The molecule has 3 rings (SSSR count). The van der Waals surface area contributed by atoms with Crippen molar-refractivity contribution in [3.05, 3.63) is 96.6 Å². The second-order valence-corrected chi connectivity index (χ2v) is 9.34. The van der Waals surface area contributed by atoms with Crippen LogP contribution in [0.2, 0.25) is 0 Å². The van der Waals surface area contributed by atoms with E-state index < -0.39 is 13.2 Å². The zero-order valence-electron chi connectivity index (χ0n) is 14.3. The first kappa shape index (κ1) is 17.7. The lowest BCUT2D eigenvalue weighted by molar-refractivity contribution is 0.187. The predicted molar refractivity (Wildman–Crippen MR) is 105 cm³/mol. The van der Waals surface area contributed by atoms with Crippen molar-refractivity contribution in [2.45, 2.75) is 25.1 Å². The minimum atomic E-state index is -3.01. The Morgan fingerprint density at radius 1 is 0.760 bits per heavy atom. The van der Waals surface area contributed by atoms with Crippen molar-refractivity contribution in [1.82, 2.24) is 0 Å². The topological polar surface area (TPSA) is 37.3 Å².